The van der Waals surface area contributed by atoms with Crippen molar-refractivity contribution in [2.75, 3.05) is 3.64 Å². The van der Waals surface area contributed by atoms with Gasteiger partial charge in [0.25, 0.3) is 0 Å². The summed E-state index contributed by atoms with van der Waals surface area (Å²) in [6, 6.07) is 5.99. The fourth-order valence-electron chi connectivity index (χ4n) is 1.33. The summed E-state index contributed by atoms with van der Waals surface area (Å²) in [6.45, 7) is 0. The number of rotatable bonds is 0. The van der Waals surface area contributed by atoms with Crippen molar-refractivity contribution in [3.05, 3.63) is 28.2 Å². The van der Waals surface area contributed by atoms with Crippen LogP contribution >= 0.6 is 15.9 Å². The van der Waals surface area contributed by atoms with Crippen molar-refractivity contribution >= 4 is 27.5 Å². The summed E-state index contributed by atoms with van der Waals surface area (Å²) in [7, 11) is 0. The van der Waals surface area contributed by atoms with Gasteiger partial charge in [-0.05, 0) is 0 Å². The normalized spacial score (nSPS) is 15.2. The summed E-state index contributed by atoms with van der Waals surface area (Å²) in [4.78, 5) is 11.3. The van der Waals surface area contributed by atoms with Gasteiger partial charge in [0.2, 0.25) is 0 Å². The molecule has 2 nitrogen and oxygen atoms in total. The predicted octanol–water partition coefficient (Wildman–Crippen LogP) is 1.80. The van der Waals surface area contributed by atoms with Crippen molar-refractivity contribution in [1.29, 1.82) is 0 Å². The molecule has 0 bridgehead atoms. The minimum atomic E-state index is 0.225. The number of hydrogen-bond donors (Lipinski definition) is 0. The van der Waals surface area contributed by atoms with Crippen LogP contribution in [-0.4, -0.2) is 5.91 Å². The van der Waals surface area contributed by atoms with Crippen LogP contribution in [0.5, 0.6) is 0 Å². The predicted molar refractivity (Wildman–Crippen MR) is 45.3 cm³/mol. The zero-order valence-electron chi connectivity index (χ0n) is 6.38. The summed E-state index contributed by atoms with van der Waals surface area (Å²) in [5, 5.41) is 0. The zero-order chi connectivity index (χ0) is 8.72. The van der Waals surface area contributed by atoms with Crippen LogP contribution in [0.1, 0.15) is 5.56 Å². The van der Waals surface area contributed by atoms with Crippen LogP contribution in [0.15, 0.2) is 22.7 Å². The van der Waals surface area contributed by atoms with E-state index < -0.39 is 0 Å². The molecule has 0 radical (unpaired) electrons. The summed E-state index contributed by atoms with van der Waals surface area (Å²) < 4.78 is 2.86. The van der Waals surface area contributed by atoms with Gasteiger partial charge in [-0.3, -0.25) is 0 Å². The second kappa shape index (κ2) is 2.93. The Labute approximate surface area is 89.0 Å². The van der Waals surface area contributed by atoms with Gasteiger partial charge in [-0.2, -0.15) is 0 Å². The number of nitrogens with zero attached hydrogens (tertiary/aromatic N) is 1. The van der Waals surface area contributed by atoms with E-state index in [-0.39, 0.29) is 5.91 Å². The van der Waals surface area contributed by atoms with Gasteiger partial charge in [0.05, 0.1) is 0 Å². The van der Waals surface area contributed by atoms with Gasteiger partial charge >= 0.3 is 89.2 Å². The number of benzene rings is 1. The standard InChI is InChI=1S/C8H6BrNO.Zn/c9-6-2-1-5-3-8(11)10-7(5)4-6;/h1-2,4H,3H2,(H,10,11);/q;+1/p-1. The Kier molecular flexibility index (Phi) is 2.05. The molecule has 1 heterocycles. The maximum absolute atomic E-state index is 11.3. The Morgan fingerprint density at radius 1 is 1.50 bits per heavy atom. The summed E-state index contributed by atoms with van der Waals surface area (Å²) in [5.41, 5.74) is 2.23. The molecule has 4 heteroatoms. The van der Waals surface area contributed by atoms with Crippen LogP contribution in [0.2, 0.25) is 0 Å². The van der Waals surface area contributed by atoms with Gasteiger partial charge in [0.15, 0.2) is 0 Å². The Morgan fingerprint density at radius 2 is 2.25 bits per heavy atom. The number of anilines is 1. The van der Waals surface area contributed by atoms with E-state index in [1.165, 1.54) is 0 Å². The van der Waals surface area contributed by atoms with Gasteiger partial charge in [-0.25, -0.2) is 0 Å². The molecule has 1 aromatic rings. The van der Waals surface area contributed by atoms with Crippen molar-refractivity contribution in [2.24, 2.45) is 0 Å². The van der Waals surface area contributed by atoms with Crippen LogP contribution in [0.4, 0.5) is 5.69 Å². The molecule has 0 spiro atoms. The van der Waals surface area contributed by atoms with E-state index in [1.54, 1.807) is 0 Å². The summed E-state index contributed by atoms with van der Waals surface area (Å²) in [6.07, 6.45) is 0.572. The third kappa shape index (κ3) is 1.23. The topological polar surface area (TPSA) is 20.3 Å². The number of carbonyl (C=O) groups is 1. The fourth-order valence-corrected chi connectivity index (χ4v) is 2.53. The molecule has 2 rings (SSSR count). The Bertz CT molecular complexity index is 353. The van der Waals surface area contributed by atoms with Crippen molar-refractivity contribution in [3.8, 4) is 0 Å². The number of amides is 1. The molecule has 0 saturated carbocycles. The molecule has 0 N–H and O–H groups in total. The van der Waals surface area contributed by atoms with Crippen molar-refractivity contribution in [3.63, 3.8) is 0 Å². The third-order valence-electron chi connectivity index (χ3n) is 1.98. The maximum atomic E-state index is 11.3. The van der Waals surface area contributed by atoms with E-state index in [0.29, 0.717) is 6.42 Å². The number of halogens is 1. The zero-order valence-corrected chi connectivity index (χ0v) is 10.9. The first kappa shape index (κ1) is 8.39. The molecule has 0 fully saturated rings. The van der Waals surface area contributed by atoms with E-state index in [0.717, 1.165) is 34.3 Å². The van der Waals surface area contributed by atoms with Crippen molar-refractivity contribution < 1.29 is 23.3 Å². The van der Waals surface area contributed by atoms with Gasteiger partial charge in [0, 0.05) is 0 Å². The summed E-state index contributed by atoms with van der Waals surface area (Å²) in [5.74, 6) is 0.225. The molecule has 0 unspecified atom stereocenters. The fraction of sp³-hybridized carbons (Fsp3) is 0.125. The van der Waals surface area contributed by atoms with E-state index >= 15 is 0 Å². The molecule has 1 amide bonds. The molecule has 0 aliphatic carbocycles. The van der Waals surface area contributed by atoms with E-state index in [2.05, 4.69) is 15.9 Å². The molecular weight excluding hydrogens is 271 g/mol. The molecule has 1 aliphatic rings. The van der Waals surface area contributed by atoms with E-state index in [4.69, 9.17) is 0 Å². The first-order valence-electron chi connectivity index (χ1n) is 3.60. The average Bonchev–Trinajstić information content (AvgIpc) is 2.31. The van der Waals surface area contributed by atoms with Crippen molar-refractivity contribution in [1.82, 2.24) is 0 Å². The minimum absolute atomic E-state index is 0.225. The monoisotopic (exact) mass is 274 g/mol. The van der Waals surface area contributed by atoms with Crippen LogP contribution in [0, 0.1) is 0 Å². The van der Waals surface area contributed by atoms with Gasteiger partial charge in [-0.1, -0.05) is 0 Å². The number of carbonyl (C=O) groups excluding carboxylic acids is 1. The molecule has 0 aromatic heterocycles. The molecule has 1 aliphatic heterocycles. The van der Waals surface area contributed by atoms with Gasteiger partial charge in [0.1, 0.15) is 0 Å². The number of fused-ring (bicyclic) bond motifs is 1. The molecule has 12 heavy (non-hydrogen) atoms. The van der Waals surface area contributed by atoms with Crippen LogP contribution < -0.4 is 3.64 Å². The van der Waals surface area contributed by atoms with E-state index in [9.17, 15) is 4.79 Å². The van der Waals surface area contributed by atoms with E-state index in [1.807, 2.05) is 21.8 Å². The average molecular weight is 276 g/mol. The Hall–Kier alpha value is -0.207. The third-order valence-corrected chi connectivity index (χ3v) is 3.93. The molecule has 57 valence electrons. The molecule has 0 atom stereocenters. The van der Waals surface area contributed by atoms with Crippen molar-refractivity contribution in [2.45, 2.75) is 6.42 Å². The first-order valence-corrected chi connectivity index (χ1v) is 5.72. The molecular formula is C8H5BrNOZn. The molecule has 0 saturated heterocycles. The van der Waals surface area contributed by atoms with Crippen LogP contribution in [-0.2, 0) is 29.8 Å². The Morgan fingerprint density at radius 3 is 3.00 bits per heavy atom. The molecule has 1 aromatic carbocycles. The first-order chi connectivity index (χ1) is 5.68. The van der Waals surface area contributed by atoms with Crippen LogP contribution in [0.3, 0.4) is 0 Å². The van der Waals surface area contributed by atoms with Crippen LogP contribution in [0.25, 0.3) is 0 Å². The quantitative estimate of drug-likeness (QED) is 0.662. The van der Waals surface area contributed by atoms with Gasteiger partial charge < -0.3 is 0 Å². The SMILES string of the molecule is O=C1Cc2ccc(Br)cc2[N]1[Zn]. The number of hydrogen-bond acceptors (Lipinski definition) is 1. The Balaban J connectivity index is 2.55. The van der Waals surface area contributed by atoms with Gasteiger partial charge in [-0.15, -0.1) is 0 Å². The second-order valence-electron chi connectivity index (χ2n) is 2.77. The second-order valence-corrected chi connectivity index (χ2v) is 5.01. The summed E-state index contributed by atoms with van der Waals surface area (Å²) >= 11 is 4.27.